The second-order valence-electron chi connectivity index (χ2n) is 6.38. The van der Waals surface area contributed by atoms with E-state index in [4.69, 9.17) is 16.3 Å². The van der Waals surface area contributed by atoms with Crippen molar-refractivity contribution in [2.45, 2.75) is 13.0 Å². The van der Waals surface area contributed by atoms with Gasteiger partial charge in [-0.2, -0.15) is 13.5 Å². The van der Waals surface area contributed by atoms with E-state index in [0.717, 1.165) is 18.5 Å². The van der Waals surface area contributed by atoms with Crippen molar-refractivity contribution in [3.05, 3.63) is 53.3 Å². The van der Waals surface area contributed by atoms with Crippen LogP contribution in [0, 0.1) is 5.82 Å². The van der Waals surface area contributed by atoms with Crippen molar-refractivity contribution in [3.8, 4) is 17.0 Å². The van der Waals surface area contributed by atoms with Crippen molar-refractivity contribution in [3.63, 3.8) is 0 Å². The molecule has 1 amide bonds. The van der Waals surface area contributed by atoms with Gasteiger partial charge >= 0.3 is 16.2 Å². The standard InChI is InChI=1S/C18H17ClFN5O5S/c1-10(12-5-4-6-21-16(12)19)29-18(26)24-17-13(9-23-25(17)2)15-14(20)7-11(8-22-15)30-31(3,27)28/h4-10H,1-3H3,(H,24,26). The van der Waals surface area contributed by atoms with Crippen LogP contribution in [0.2, 0.25) is 5.15 Å². The predicted octanol–water partition coefficient (Wildman–Crippen LogP) is 3.32. The molecule has 13 heteroatoms. The van der Waals surface area contributed by atoms with Gasteiger partial charge in [-0.3, -0.25) is 10.00 Å². The topological polar surface area (TPSA) is 125 Å². The number of amides is 1. The highest BCUT2D eigenvalue weighted by Gasteiger charge is 2.21. The van der Waals surface area contributed by atoms with Crippen LogP contribution >= 0.6 is 11.6 Å². The van der Waals surface area contributed by atoms with Crippen LogP contribution < -0.4 is 9.50 Å². The number of pyridine rings is 2. The Labute approximate surface area is 182 Å². The second-order valence-corrected chi connectivity index (χ2v) is 8.31. The number of rotatable bonds is 6. The molecule has 0 aliphatic heterocycles. The minimum Gasteiger partial charge on any atom is -0.441 e. The fraction of sp³-hybridized carbons (Fsp3) is 0.222. The molecular formula is C18H17ClFN5O5S. The summed E-state index contributed by atoms with van der Waals surface area (Å²) in [4.78, 5) is 20.2. The van der Waals surface area contributed by atoms with E-state index in [2.05, 4.69) is 24.6 Å². The molecule has 0 saturated carbocycles. The molecule has 1 atom stereocenters. The summed E-state index contributed by atoms with van der Waals surface area (Å²) in [5.41, 5.74) is 0.487. The van der Waals surface area contributed by atoms with E-state index < -0.39 is 28.1 Å². The molecule has 3 aromatic rings. The molecule has 0 bridgehead atoms. The van der Waals surface area contributed by atoms with Crippen LogP contribution in [-0.2, 0) is 21.9 Å². The largest absolute Gasteiger partial charge is 0.441 e. The first kappa shape index (κ1) is 22.4. The van der Waals surface area contributed by atoms with E-state index in [9.17, 15) is 17.6 Å². The van der Waals surface area contributed by atoms with Crippen LogP contribution in [0.15, 0.2) is 36.8 Å². The third-order valence-electron chi connectivity index (χ3n) is 3.99. The summed E-state index contributed by atoms with van der Waals surface area (Å²) in [5, 5.41) is 6.70. The van der Waals surface area contributed by atoms with Gasteiger partial charge in [0.2, 0.25) is 0 Å². The van der Waals surface area contributed by atoms with Crippen molar-refractivity contribution >= 4 is 33.6 Å². The monoisotopic (exact) mass is 469 g/mol. The Kier molecular flexibility index (Phi) is 6.41. The van der Waals surface area contributed by atoms with Gasteiger partial charge in [-0.05, 0) is 13.0 Å². The van der Waals surface area contributed by atoms with Crippen molar-refractivity contribution in [1.29, 1.82) is 0 Å². The van der Waals surface area contributed by atoms with Crippen LogP contribution in [0.25, 0.3) is 11.3 Å². The maximum absolute atomic E-state index is 14.6. The average Bonchev–Trinajstić information content (AvgIpc) is 3.01. The van der Waals surface area contributed by atoms with Crippen molar-refractivity contribution in [2.75, 3.05) is 11.6 Å². The predicted molar refractivity (Wildman–Crippen MR) is 110 cm³/mol. The number of hydrogen-bond acceptors (Lipinski definition) is 8. The van der Waals surface area contributed by atoms with E-state index in [1.54, 1.807) is 19.1 Å². The van der Waals surface area contributed by atoms with Crippen molar-refractivity contribution in [1.82, 2.24) is 19.7 Å². The third kappa shape index (κ3) is 5.47. The zero-order valence-corrected chi connectivity index (χ0v) is 18.1. The van der Waals surface area contributed by atoms with Crippen LogP contribution in [0.3, 0.4) is 0 Å². The number of aromatic nitrogens is 4. The van der Waals surface area contributed by atoms with Crippen LogP contribution in [0.4, 0.5) is 15.0 Å². The van der Waals surface area contributed by atoms with Gasteiger partial charge in [-0.15, -0.1) is 0 Å². The highest BCUT2D eigenvalue weighted by atomic mass is 35.5. The molecular weight excluding hydrogens is 453 g/mol. The molecule has 3 rings (SSSR count). The summed E-state index contributed by atoms with van der Waals surface area (Å²) in [6, 6.07) is 4.19. The number of aryl methyl sites for hydroxylation is 1. The van der Waals surface area contributed by atoms with Gasteiger partial charge in [-0.1, -0.05) is 17.7 Å². The zero-order chi connectivity index (χ0) is 22.8. The summed E-state index contributed by atoms with van der Waals surface area (Å²) in [5.74, 6) is -1.05. The number of anilines is 1. The first-order chi connectivity index (χ1) is 14.5. The SMILES string of the molecule is CC(OC(=O)Nc1c(-c2ncc(OS(C)(=O)=O)cc2F)cnn1C)c1cccnc1Cl. The first-order valence-corrected chi connectivity index (χ1v) is 10.9. The molecule has 31 heavy (non-hydrogen) atoms. The Hall–Kier alpha value is -3.25. The smallest absolute Gasteiger partial charge is 0.413 e. The molecule has 3 aromatic heterocycles. The Bertz CT molecular complexity index is 1230. The van der Waals surface area contributed by atoms with Gasteiger partial charge in [0.05, 0.1) is 24.2 Å². The molecule has 1 N–H and O–H groups in total. The van der Waals surface area contributed by atoms with Crippen LogP contribution in [0.5, 0.6) is 5.75 Å². The lowest BCUT2D eigenvalue weighted by Gasteiger charge is -2.15. The molecule has 0 radical (unpaired) electrons. The lowest BCUT2D eigenvalue weighted by molar-refractivity contribution is 0.121. The number of nitrogens with zero attached hydrogens (tertiary/aromatic N) is 4. The maximum Gasteiger partial charge on any atom is 0.413 e. The summed E-state index contributed by atoms with van der Waals surface area (Å²) in [7, 11) is -2.31. The van der Waals surface area contributed by atoms with Gasteiger partial charge in [0.15, 0.2) is 11.6 Å². The Morgan fingerprint density at radius 1 is 1.32 bits per heavy atom. The molecule has 0 aromatic carbocycles. The highest BCUT2D eigenvalue weighted by Crippen LogP contribution is 2.30. The van der Waals surface area contributed by atoms with E-state index in [1.165, 1.54) is 24.1 Å². The Morgan fingerprint density at radius 2 is 2.06 bits per heavy atom. The van der Waals surface area contributed by atoms with E-state index >= 15 is 0 Å². The maximum atomic E-state index is 14.6. The van der Waals surface area contributed by atoms with Gasteiger partial charge < -0.3 is 8.92 Å². The fourth-order valence-electron chi connectivity index (χ4n) is 2.65. The summed E-state index contributed by atoms with van der Waals surface area (Å²) in [6.45, 7) is 1.62. The van der Waals surface area contributed by atoms with Crippen molar-refractivity contribution in [2.24, 2.45) is 7.05 Å². The Morgan fingerprint density at radius 3 is 2.71 bits per heavy atom. The third-order valence-corrected chi connectivity index (χ3v) is 4.80. The quantitative estimate of drug-likeness (QED) is 0.430. The first-order valence-electron chi connectivity index (χ1n) is 8.70. The average molecular weight is 470 g/mol. The van der Waals surface area contributed by atoms with Crippen LogP contribution in [-0.4, -0.2) is 40.5 Å². The van der Waals surface area contributed by atoms with Gasteiger partial charge in [0.1, 0.15) is 22.8 Å². The fourth-order valence-corrected chi connectivity index (χ4v) is 3.36. The molecule has 10 nitrogen and oxygen atoms in total. The molecule has 1 unspecified atom stereocenters. The number of hydrogen-bond donors (Lipinski definition) is 1. The second kappa shape index (κ2) is 8.86. The van der Waals surface area contributed by atoms with E-state index in [0.29, 0.717) is 5.56 Å². The molecule has 0 aliphatic rings. The molecule has 0 spiro atoms. The number of ether oxygens (including phenoxy) is 1. The molecule has 3 heterocycles. The normalized spacial score (nSPS) is 12.3. The van der Waals surface area contributed by atoms with Gasteiger partial charge in [0, 0.05) is 24.9 Å². The highest BCUT2D eigenvalue weighted by molar-refractivity contribution is 7.86. The zero-order valence-electron chi connectivity index (χ0n) is 16.5. The molecule has 0 fully saturated rings. The van der Waals surface area contributed by atoms with Gasteiger partial charge in [-0.25, -0.2) is 19.2 Å². The van der Waals surface area contributed by atoms with Crippen LogP contribution in [0.1, 0.15) is 18.6 Å². The lowest BCUT2D eigenvalue weighted by Crippen LogP contribution is -2.18. The van der Waals surface area contributed by atoms with Crippen molar-refractivity contribution < 1.29 is 26.5 Å². The summed E-state index contributed by atoms with van der Waals surface area (Å²) < 4.78 is 48.2. The Balaban J connectivity index is 1.81. The lowest BCUT2D eigenvalue weighted by atomic mass is 10.2. The number of halogens is 2. The number of nitrogens with one attached hydrogen (secondary N) is 1. The number of carbonyl (C=O) groups excluding carboxylic acids is 1. The molecule has 0 aliphatic carbocycles. The van der Waals surface area contributed by atoms with E-state index in [-0.39, 0.29) is 28.0 Å². The minimum absolute atomic E-state index is 0.109. The summed E-state index contributed by atoms with van der Waals surface area (Å²) in [6.07, 6.45) is 3.12. The minimum atomic E-state index is -3.84. The number of carbonyl (C=O) groups is 1. The molecule has 0 saturated heterocycles. The molecule has 164 valence electrons. The summed E-state index contributed by atoms with van der Waals surface area (Å²) >= 11 is 6.01. The van der Waals surface area contributed by atoms with Gasteiger partial charge in [0.25, 0.3) is 0 Å². The van der Waals surface area contributed by atoms with E-state index in [1.807, 2.05) is 0 Å².